The molecular weight excluding hydrogens is 258 g/mol. The molecule has 2 aliphatic heterocycles. The van der Waals surface area contributed by atoms with Crippen LogP contribution >= 0.6 is 0 Å². The molecule has 0 aromatic heterocycles. The van der Waals surface area contributed by atoms with E-state index in [1.807, 2.05) is 20.8 Å². The van der Waals surface area contributed by atoms with E-state index in [0.29, 0.717) is 19.1 Å². The highest BCUT2D eigenvalue weighted by Gasteiger charge is 2.57. The maximum atomic E-state index is 12.2. The highest BCUT2D eigenvalue weighted by molar-refractivity contribution is 5.82. The summed E-state index contributed by atoms with van der Waals surface area (Å²) in [7, 11) is 0. The van der Waals surface area contributed by atoms with Crippen molar-refractivity contribution in [2.75, 3.05) is 13.2 Å². The Bertz CT molecular complexity index is 430. The molecule has 3 fully saturated rings. The van der Waals surface area contributed by atoms with Crippen molar-refractivity contribution in [3.8, 4) is 0 Å². The Hall–Kier alpha value is -1.52. The molecule has 0 spiro atoms. The zero-order valence-corrected chi connectivity index (χ0v) is 12.6. The number of hydrogen-bond acceptors (Lipinski definition) is 4. The van der Waals surface area contributed by atoms with Crippen molar-refractivity contribution in [1.29, 1.82) is 0 Å². The van der Waals surface area contributed by atoms with Gasteiger partial charge in [0.1, 0.15) is 5.60 Å². The molecule has 1 saturated carbocycles. The molecule has 0 unspecified atom stereocenters. The molecule has 0 N–H and O–H groups in total. The summed E-state index contributed by atoms with van der Waals surface area (Å²) in [5, 5.41) is 0. The van der Waals surface area contributed by atoms with Crippen molar-refractivity contribution in [1.82, 2.24) is 4.90 Å². The molecule has 3 aliphatic rings. The minimum Gasteiger partial charge on any atom is -0.463 e. The summed E-state index contributed by atoms with van der Waals surface area (Å²) in [6.07, 6.45) is 4.75. The van der Waals surface area contributed by atoms with E-state index >= 15 is 0 Å². The van der Waals surface area contributed by atoms with E-state index in [-0.39, 0.29) is 17.6 Å². The molecule has 0 aromatic rings. The third-order valence-corrected chi connectivity index (χ3v) is 3.69. The number of ether oxygens (including phenoxy) is 2. The van der Waals surface area contributed by atoms with Crippen molar-refractivity contribution in [3.63, 3.8) is 0 Å². The summed E-state index contributed by atoms with van der Waals surface area (Å²) in [6, 6.07) is 0. The third-order valence-electron chi connectivity index (χ3n) is 3.69. The smallest absolute Gasteiger partial charge is 0.411 e. The van der Waals surface area contributed by atoms with Crippen molar-refractivity contribution < 1.29 is 19.1 Å². The first kappa shape index (κ1) is 14.9. The Balaban J connectivity index is 2.04. The van der Waals surface area contributed by atoms with Gasteiger partial charge in [-0.15, -0.1) is 0 Å². The van der Waals surface area contributed by atoms with Gasteiger partial charge in [0, 0.05) is 12.6 Å². The van der Waals surface area contributed by atoms with Gasteiger partial charge in [-0.3, -0.25) is 4.90 Å². The number of carbonyl (C=O) groups is 2. The Morgan fingerprint density at radius 1 is 1.35 bits per heavy atom. The van der Waals surface area contributed by atoms with Gasteiger partial charge in [0.25, 0.3) is 0 Å². The fourth-order valence-corrected chi connectivity index (χ4v) is 2.94. The van der Waals surface area contributed by atoms with E-state index in [1.54, 1.807) is 17.9 Å². The molecule has 1 aliphatic carbocycles. The van der Waals surface area contributed by atoms with E-state index in [2.05, 4.69) is 0 Å². The zero-order chi connectivity index (χ0) is 15.0. The predicted octanol–water partition coefficient (Wildman–Crippen LogP) is 2.51. The minimum absolute atomic E-state index is 0.300. The van der Waals surface area contributed by atoms with E-state index in [4.69, 9.17) is 9.47 Å². The number of rotatable bonds is 3. The topological polar surface area (TPSA) is 55.8 Å². The summed E-state index contributed by atoms with van der Waals surface area (Å²) in [6.45, 7) is 8.40. The van der Waals surface area contributed by atoms with Crippen LogP contribution in [-0.2, 0) is 14.3 Å². The molecule has 2 saturated heterocycles. The average molecular weight is 281 g/mol. The van der Waals surface area contributed by atoms with Gasteiger partial charge in [-0.2, -0.15) is 0 Å². The van der Waals surface area contributed by atoms with Gasteiger partial charge in [-0.1, -0.05) is 6.08 Å². The lowest BCUT2D eigenvalue weighted by Crippen LogP contribution is -2.48. The van der Waals surface area contributed by atoms with E-state index in [0.717, 1.165) is 12.8 Å². The van der Waals surface area contributed by atoms with Gasteiger partial charge in [-0.25, -0.2) is 9.59 Å². The fraction of sp³-hybridized carbons (Fsp3) is 0.733. The molecule has 2 bridgehead atoms. The van der Waals surface area contributed by atoms with Crippen LogP contribution in [0.1, 0.15) is 40.5 Å². The largest absolute Gasteiger partial charge is 0.463 e. The molecule has 1 amide bonds. The number of fused-ring (bicyclic) bond motifs is 1. The van der Waals surface area contributed by atoms with Crippen LogP contribution in [0.25, 0.3) is 0 Å². The van der Waals surface area contributed by atoms with E-state index in [1.165, 1.54) is 6.08 Å². The zero-order valence-electron chi connectivity index (χ0n) is 12.6. The van der Waals surface area contributed by atoms with Crippen LogP contribution in [0.5, 0.6) is 0 Å². The second kappa shape index (κ2) is 5.11. The number of amides is 1. The lowest BCUT2D eigenvalue weighted by Gasteiger charge is -2.39. The molecule has 5 heteroatoms. The minimum atomic E-state index is -0.504. The first-order chi connectivity index (χ1) is 9.26. The second-order valence-electron chi connectivity index (χ2n) is 6.55. The van der Waals surface area contributed by atoms with Gasteiger partial charge < -0.3 is 9.47 Å². The van der Waals surface area contributed by atoms with Gasteiger partial charge in [0.15, 0.2) is 0 Å². The summed E-state index contributed by atoms with van der Waals surface area (Å²) < 4.78 is 10.3. The van der Waals surface area contributed by atoms with Crippen LogP contribution in [0.3, 0.4) is 0 Å². The number of hydrogen-bond donors (Lipinski definition) is 0. The SMILES string of the molecule is CCOC(=O)/C=C/C12CC(CN1C(=O)OC(C)(C)C)C2. The van der Waals surface area contributed by atoms with Crippen molar-refractivity contribution in [3.05, 3.63) is 12.2 Å². The van der Waals surface area contributed by atoms with Crippen LogP contribution in [-0.4, -0.2) is 41.3 Å². The Labute approximate surface area is 119 Å². The molecule has 0 atom stereocenters. The molecule has 2 heterocycles. The highest BCUT2D eigenvalue weighted by Crippen LogP contribution is 2.51. The van der Waals surface area contributed by atoms with E-state index < -0.39 is 5.60 Å². The van der Waals surface area contributed by atoms with Crippen molar-refractivity contribution in [2.24, 2.45) is 5.92 Å². The lowest BCUT2D eigenvalue weighted by atomic mass is 9.73. The van der Waals surface area contributed by atoms with Gasteiger partial charge in [0.05, 0.1) is 12.1 Å². The van der Waals surface area contributed by atoms with E-state index in [9.17, 15) is 9.59 Å². The monoisotopic (exact) mass is 281 g/mol. The maximum absolute atomic E-state index is 12.2. The van der Waals surface area contributed by atoms with Crippen LogP contribution in [0.4, 0.5) is 4.79 Å². The van der Waals surface area contributed by atoms with Gasteiger partial charge in [0.2, 0.25) is 0 Å². The Morgan fingerprint density at radius 3 is 2.55 bits per heavy atom. The van der Waals surface area contributed by atoms with Crippen molar-refractivity contribution >= 4 is 12.1 Å². The Kier molecular flexibility index (Phi) is 3.80. The van der Waals surface area contributed by atoms with Crippen LogP contribution in [0, 0.1) is 5.92 Å². The van der Waals surface area contributed by atoms with Crippen molar-refractivity contribution in [2.45, 2.75) is 51.7 Å². The molecule has 20 heavy (non-hydrogen) atoms. The van der Waals surface area contributed by atoms with Crippen LogP contribution in [0.2, 0.25) is 0 Å². The molecule has 0 aromatic carbocycles. The maximum Gasteiger partial charge on any atom is 0.411 e. The summed E-state index contributed by atoms with van der Waals surface area (Å²) in [5.74, 6) is 0.163. The fourth-order valence-electron chi connectivity index (χ4n) is 2.94. The molecule has 112 valence electrons. The number of esters is 1. The number of carbonyl (C=O) groups excluding carboxylic acids is 2. The highest BCUT2D eigenvalue weighted by atomic mass is 16.6. The summed E-state index contributed by atoms with van der Waals surface area (Å²) in [4.78, 5) is 25.4. The van der Waals surface area contributed by atoms with Crippen LogP contribution < -0.4 is 0 Å². The first-order valence-electron chi connectivity index (χ1n) is 7.12. The molecule has 3 rings (SSSR count). The third kappa shape index (κ3) is 2.97. The molecular formula is C15H23NO4. The van der Waals surface area contributed by atoms with Gasteiger partial charge in [-0.05, 0) is 46.5 Å². The summed E-state index contributed by atoms with van der Waals surface area (Å²) in [5.41, 5.74) is -0.851. The van der Waals surface area contributed by atoms with Gasteiger partial charge >= 0.3 is 12.1 Å². The number of nitrogens with zero attached hydrogens (tertiary/aromatic N) is 1. The molecule has 0 radical (unpaired) electrons. The Morgan fingerprint density at radius 2 is 2.00 bits per heavy atom. The average Bonchev–Trinajstić information content (AvgIpc) is 2.78. The normalized spacial score (nSPS) is 28.4. The second-order valence-corrected chi connectivity index (χ2v) is 6.55. The van der Waals surface area contributed by atoms with Crippen LogP contribution in [0.15, 0.2) is 12.2 Å². The lowest BCUT2D eigenvalue weighted by molar-refractivity contribution is -0.137. The standard InChI is InChI=1S/C15H23NO4/c1-5-19-12(17)6-7-15-8-11(9-15)10-16(15)13(18)20-14(2,3)4/h6-7,11H,5,8-10H2,1-4H3/b7-6+. The summed E-state index contributed by atoms with van der Waals surface area (Å²) >= 11 is 0. The first-order valence-corrected chi connectivity index (χ1v) is 7.12. The molecule has 5 nitrogen and oxygen atoms in total. The quantitative estimate of drug-likeness (QED) is 0.589. The predicted molar refractivity (Wildman–Crippen MR) is 74.2 cm³/mol.